The minimum atomic E-state index is -0.264. The molecule has 0 aromatic carbocycles. The molecule has 0 saturated carbocycles. The molecule has 0 aromatic heterocycles. The zero-order chi connectivity index (χ0) is 5.86. The molecule has 2 heteroatoms. The van der Waals surface area contributed by atoms with Gasteiger partial charge in [-0.1, -0.05) is 0 Å². The Balaban J connectivity index is 2.95. The Morgan fingerprint density at radius 1 is 1.29 bits per heavy atom. The number of nitrogens with zero attached hydrogens (tertiary/aromatic N) is 1. The zero-order valence-electron chi connectivity index (χ0n) is 5.73. The van der Waals surface area contributed by atoms with E-state index in [0.29, 0.717) is 0 Å². The maximum absolute atomic E-state index is 2.39. The molecule has 0 rings (SSSR count). The van der Waals surface area contributed by atoms with E-state index in [0.717, 1.165) is 4.75 Å². The third kappa shape index (κ3) is 6.50. The maximum atomic E-state index is 2.39. The average molecular weight is 162 g/mol. The molecule has 0 N–H and O–H groups in total. The standard InChI is InChI=1S/C5H15GeN/c1-5(2)6-7(3)4/h5H,6H2,1-4H3. The molecule has 0 atom stereocenters. The Bertz CT molecular complexity index is 37.3. The molecule has 0 radical (unpaired) electrons. The minimum absolute atomic E-state index is 0.264. The van der Waals surface area contributed by atoms with Crippen molar-refractivity contribution in [3.63, 3.8) is 0 Å². The van der Waals surface area contributed by atoms with Crippen molar-refractivity contribution in [3.05, 3.63) is 0 Å². The van der Waals surface area contributed by atoms with Gasteiger partial charge in [-0.05, 0) is 0 Å². The van der Waals surface area contributed by atoms with Gasteiger partial charge < -0.3 is 0 Å². The summed E-state index contributed by atoms with van der Waals surface area (Å²) in [5.74, 6) is 0. The van der Waals surface area contributed by atoms with Crippen LogP contribution in [-0.2, 0) is 0 Å². The molecule has 0 aliphatic heterocycles. The molecule has 0 spiro atoms. The third-order valence-corrected chi connectivity index (χ3v) is 3.79. The van der Waals surface area contributed by atoms with E-state index in [2.05, 4.69) is 31.8 Å². The summed E-state index contributed by atoms with van der Waals surface area (Å²) in [6.07, 6.45) is 0. The Hall–Kier alpha value is 0.503. The molecular formula is C5H15GeN. The van der Waals surface area contributed by atoms with E-state index in [1.165, 1.54) is 0 Å². The van der Waals surface area contributed by atoms with Gasteiger partial charge in [-0.15, -0.1) is 0 Å². The van der Waals surface area contributed by atoms with Crippen molar-refractivity contribution in [2.24, 2.45) is 0 Å². The average Bonchev–Trinajstić information content (AvgIpc) is 1.27. The van der Waals surface area contributed by atoms with Gasteiger partial charge in [0.05, 0.1) is 0 Å². The summed E-state index contributed by atoms with van der Waals surface area (Å²) in [5, 5.41) is 0. The number of hydrogen-bond donors (Lipinski definition) is 0. The van der Waals surface area contributed by atoms with E-state index in [9.17, 15) is 0 Å². The molecule has 0 unspecified atom stereocenters. The quantitative estimate of drug-likeness (QED) is 0.533. The van der Waals surface area contributed by atoms with E-state index >= 15 is 0 Å². The summed E-state index contributed by atoms with van der Waals surface area (Å²) in [6, 6.07) is 0. The van der Waals surface area contributed by atoms with Crippen LogP contribution < -0.4 is 0 Å². The summed E-state index contributed by atoms with van der Waals surface area (Å²) in [5.41, 5.74) is 0. The van der Waals surface area contributed by atoms with Gasteiger partial charge in [0, 0.05) is 0 Å². The molecule has 0 aliphatic rings. The second-order valence-electron chi connectivity index (χ2n) is 2.66. The van der Waals surface area contributed by atoms with Gasteiger partial charge in [-0.25, -0.2) is 0 Å². The van der Waals surface area contributed by atoms with Crippen molar-refractivity contribution >= 4 is 15.7 Å². The fourth-order valence-electron chi connectivity index (χ4n) is 0.730. The van der Waals surface area contributed by atoms with Crippen molar-refractivity contribution in [2.45, 2.75) is 18.6 Å². The first-order valence-electron chi connectivity index (χ1n) is 2.77. The normalized spacial score (nSPS) is 12.9. The Kier molecular flexibility index (Phi) is 3.75. The van der Waals surface area contributed by atoms with E-state index in [-0.39, 0.29) is 15.7 Å². The van der Waals surface area contributed by atoms with Gasteiger partial charge in [-0.3, -0.25) is 0 Å². The molecule has 1 nitrogen and oxygen atoms in total. The van der Waals surface area contributed by atoms with Crippen LogP contribution in [0.25, 0.3) is 0 Å². The van der Waals surface area contributed by atoms with Gasteiger partial charge >= 0.3 is 52.2 Å². The van der Waals surface area contributed by atoms with Gasteiger partial charge in [0.25, 0.3) is 0 Å². The van der Waals surface area contributed by atoms with E-state index in [4.69, 9.17) is 0 Å². The SMILES string of the molecule is C[CH](C)[GeH2][N](C)C. The Morgan fingerprint density at radius 3 is 1.71 bits per heavy atom. The first-order valence-corrected chi connectivity index (χ1v) is 5.81. The molecule has 0 bridgehead atoms. The Labute approximate surface area is 52.8 Å². The summed E-state index contributed by atoms with van der Waals surface area (Å²) in [7, 11) is 4.36. The van der Waals surface area contributed by atoms with E-state index in [1.807, 2.05) is 0 Å². The summed E-state index contributed by atoms with van der Waals surface area (Å²) in [4.78, 5) is 0. The topological polar surface area (TPSA) is 3.24 Å². The monoisotopic (exact) mass is 163 g/mol. The van der Waals surface area contributed by atoms with Gasteiger partial charge in [0.2, 0.25) is 0 Å². The van der Waals surface area contributed by atoms with E-state index < -0.39 is 0 Å². The molecule has 44 valence electrons. The van der Waals surface area contributed by atoms with Crippen LogP contribution in [0.15, 0.2) is 0 Å². The second-order valence-corrected chi connectivity index (χ2v) is 9.50. The molecule has 0 saturated heterocycles. The fraction of sp³-hybridized carbons (Fsp3) is 1.00. The second kappa shape index (κ2) is 3.50. The zero-order valence-corrected chi connectivity index (χ0v) is 8.70. The first-order chi connectivity index (χ1) is 3.13. The summed E-state index contributed by atoms with van der Waals surface area (Å²) >= 11 is -0.264. The summed E-state index contributed by atoms with van der Waals surface area (Å²) in [6.45, 7) is 4.61. The molecule has 0 amide bonds. The molecule has 0 fully saturated rings. The van der Waals surface area contributed by atoms with Crippen LogP contribution in [0, 0.1) is 0 Å². The van der Waals surface area contributed by atoms with Crippen LogP contribution in [0.1, 0.15) is 13.8 Å². The van der Waals surface area contributed by atoms with Crippen LogP contribution in [-0.4, -0.2) is 33.6 Å². The van der Waals surface area contributed by atoms with E-state index in [1.54, 1.807) is 0 Å². The van der Waals surface area contributed by atoms with Crippen LogP contribution in [0.3, 0.4) is 0 Å². The summed E-state index contributed by atoms with van der Waals surface area (Å²) < 4.78 is 3.38. The Morgan fingerprint density at radius 2 is 1.71 bits per heavy atom. The predicted octanol–water partition coefficient (Wildman–Crippen LogP) is 0.460. The van der Waals surface area contributed by atoms with Crippen molar-refractivity contribution in [3.8, 4) is 0 Å². The number of rotatable bonds is 2. The predicted molar refractivity (Wildman–Crippen MR) is 37.3 cm³/mol. The molecule has 7 heavy (non-hydrogen) atoms. The van der Waals surface area contributed by atoms with Crippen molar-refractivity contribution in [1.29, 1.82) is 0 Å². The van der Waals surface area contributed by atoms with Gasteiger partial charge in [0.1, 0.15) is 0 Å². The van der Waals surface area contributed by atoms with Crippen LogP contribution >= 0.6 is 0 Å². The number of hydrogen-bond acceptors (Lipinski definition) is 1. The van der Waals surface area contributed by atoms with Crippen LogP contribution in [0.2, 0.25) is 4.75 Å². The molecule has 0 aliphatic carbocycles. The van der Waals surface area contributed by atoms with Crippen LogP contribution in [0.4, 0.5) is 0 Å². The molecular weight excluding hydrogens is 147 g/mol. The molecule has 0 heterocycles. The first kappa shape index (κ1) is 7.50. The van der Waals surface area contributed by atoms with Crippen molar-refractivity contribution in [1.82, 2.24) is 3.86 Å². The van der Waals surface area contributed by atoms with Crippen LogP contribution in [0.5, 0.6) is 0 Å². The van der Waals surface area contributed by atoms with Gasteiger partial charge in [-0.2, -0.15) is 0 Å². The molecule has 0 aromatic rings. The van der Waals surface area contributed by atoms with Gasteiger partial charge in [0.15, 0.2) is 0 Å². The third-order valence-electron chi connectivity index (χ3n) is 0.730. The fourth-order valence-corrected chi connectivity index (χ4v) is 3.79. The van der Waals surface area contributed by atoms with Crippen molar-refractivity contribution in [2.75, 3.05) is 14.1 Å². The van der Waals surface area contributed by atoms with Crippen molar-refractivity contribution < 1.29 is 0 Å².